The third kappa shape index (κ3) is 3.54. The molecule has 0 amide bonds. The molecule has 2 N–H and O–H groups in total. The number of likely N-dealkylation sites (tertiary alicyclic amines) is 1. The van der Waals surface area contributed by atoms with Gasteiger partial charge in [-0.05, 0) is 31.5 Å². The molecule has 2 atom stereocenters. The molecule has 0 spiro atoms. The molecule has 1 aromatic rings. The summed E-state index contributed by atoms with van der Waals surface area (Å²) in [5, 5.41) is 20.2. The monoisotopic (exact) mass is 294 g/mol. The van der Waals surface area contributed by atoms with Crippen molar-refractivity contribution in [3.63, 3.8) is 0 Å². The molecular weight excluding hydrogens is 268 g/mol. The number of aromatic nitrogens is 1. The minimum Gasteiger partial charge on any atom is -0.495 e. The van der Waals surface area contributed by atoms with Gasteiger partial charge in [0.1, 0.15) is 5.75 Å². The van der Waals surface area contributed by atoms with Crippen molar-refractivity contribution in [3.05, 3.63) is 24.0 Å². The Hall–Kier alpha value is -1.17. The van der Waals surface area contributed by atoms with E-state index in [1.165, 1.54) is 0 Å². The number of piperidine rings is 1. The second-order valence-electron chi connectivity index (χ2n) is 5.92. The van der Waals surface area contributed by atoms with Crippen molar-refractivity contribution in [1.82, 2.24) is 9.88 Å². The van der Waals surface area contributed by atoms with Crippen LogP contribution >= 0.6 is 0 Å². The Balaban J connectivity index is 2.02. The van der Waals surface area contributed by atoms with Gasteiger partial charge in [-0.15, -0.1) is 0 Å². The first-order valence-corrected chi connectivity index (χ1v) is 7.64. The lowest BCUT2D eigenvalue weighted by molar-refractivity contribution is -0.0805. The normalized spacial score (nSPS) is 26.8. The van der Waals surface area contributed by atoms with Crippen molar-refractivity contribution >= 4 is 0 Å². The van der Waals surface area contributed by atoms with Crippen LogP contribution in [0.15, 0.2) is 18.3 Å². The summed E-state index contributed by atoms with van der Waals surface area (Å²) in [6, 6.07) is 3.75. The van der Waals surface area contributed by atoms with Crippen LogP contribution in [0.4, 0.5) is 0 Å². The van der Waals surface area contributed by atoms with Gasteiger partial charge in [0.2, 0.25) is 0 Å². The van der Waals surface area contributed by atoms with Gasteiger partial charge in [-0.1, -0.05) is 13.3 Å². The van der Waals surface area contributed by atoms with Gasteiger partial charge in [0.05, 0.1) is 25.5 Å². The highest BCUT2D eigenvalue weighted by atomic mass is 16.5. The van der Waals surface area contributed by atoms with Gasteiger partial charge in [0, 0.05) is 24.7 Å². The van der Waals surface area contributed by atoms with E-state index in [0.717, 1.165) is 37.3 Å². The van der Waals surface area contributed by atoms with Crippen molar-refractivity contribution in [2.75, 3.05) is 26.8 Å². The topological polar surface area (TPSA) is 65.8 Å². The molecule has 0 radical (unpaired) electrons. The van der Waals surface area contributed by atoms with Crippen LogP contribution in [-0.4, -0.2) is 53.0 Å². The predicted octanol–water partition coefficient (Wildman–Crippen LogP) is 1.44. The molecule has 0 saturated carbocycles. The molecular formula is C16H26N2O3. The maximum Gasteiger partial charge on any atom is 0.141 e. The first-order chi connectivity index (χ1) is 10.1. The lowest BCUT2D eigenvalue weighted by Gasteiger charge is -2.44. The summed E-state index contributed by atoms with van der Waals surface area (Å²) in [5.74, 6) is 0.777. The average molecular weight is 294 g/mol. The fourth-order valence-electron chi connectivity index (χ4n) is 3.21. The van der Waals surface area contributed by atoms with E-state index in [4.69, 9.17) is 4.74 Å². The van der Waals surface area contributed by atoms with Crippen LogP contribution in [0.1, 0.15) is 31.9 Å². The SMILES string of the molecule is CCC[C@]1(CO)CCN(Cc2ncccc2OC)C[C@H]1O. The maximum absolute atomic E-state index is 10.5. The summed E-state index contributed by atoms with van der Waals surface area (Å²) in [6.45, 7) is 4.24. The Morgan fingerprint density at radius 2 is 2.33 bits per heavy atom. The summed E-state index contributed by atoms with van der Waals surface area (Å²) in [6.07, 6.45) is 3.92. The fraction of sp³-hybridized carbons (Fsp3) is 0.688. The second kappa shape index (κ2) is 7.20. The molecule has 0 bridgehead atoms. The number of hydrogen-bond acceptors (Lipinski definition) is 5. The van der Waals surface area contributed by atoms with Crippen molar-refractivity contribution in [2.24, 2.45) is 5.41 Å². The molecule has 1 aliphatic heterocycles. The Labute approximate surface area is 126 Å². The van der Waals surface area contributed by atoms with Crippen LogP contribution in [0.2, 0.25) is 0 Å². The van der Waals surface area contributed by atoms with Crippen LogP contribution in [-0.2, 0) is 6.54 Å². The Bertz CT molecular complexity index is 455. The molecule has 5 heteroatoms. The van der Waals surface area contributed by atoms with Gasteiger partial charge < -0.3 is 14.9 Å². The second-order valence-corrected chi connectivity index (χ2v) is 5.92. The van der Waals surface area contributed by atoms with Crippen LogP contribution in [0.3, 0.4) is 0 Å². The van der Waals surface area contributed by atoms with E-state index in [0.29, 0.717) is 13.1 Å². The summed E-state index contributed by atoms with van der Waals surface area (Å²) < 4.78 is 5.32. The van der Waals surface area contributed by atoms with E-state index in [2.05, 4.69) is 16.8 Å². The zero-order valence-corrected chi connectivity index (χ0v) is 13.0. The summed E-state index contributed by atoms with van der Waals surface area (Å²) in [7, 11) is 1.64. The molecule has 1 saturated heterocycles. The fourth-order valence-corrected chi connectivity index (χ4v) is 3.21. The van der Waals surface area contributed by atoms with Gasteiger partial charge in [-0.3, -0.25) is 9.88 Å². The number of pyridine rings is 1. The zero-order valence-electron chi connectivity index (χ0n) is 13.0. The quantitative estimate of drug-likeness (QED) is 0.831. The largest absolute Gasteiger partial charge is 0.495 e. The number of hydrogen-bond donors (Lipinski definition) is 2. The first-order valence-electron chi connectivity index (χ1n) is 7.64. The third-order valence-corrected chi connectivity index (χ3v) is 4.57. The van der Waals surface area contributed by atoms with E-state index in [9.17, 15) is 10.2 Å². The van der Waals surface area contributed by atoms with E-state index >= 15 is 0 Å². The number of nitrogens with zero attached hydrogens (tertiary/aromatic N) is 2. The molecule has 118 valence electrons. The van der Waals surface area contributed by atoms with E-state index in [1.807, 2.05) is 12.1 Å². The van der Waals surface area contributed by atoms with Gasteiger partial charge >= 0.3 is 0 Å². The number of β-amino-alcohol motifs (C(OH)–C–C–N with tert-alkyl or cyclic N) is 1. The van der Waals surface area contributed by atoms with Crippen molar-refractivity contribution < 1.29 is 14.9 Å². The van der Waals surface area contributed by atoms with Gasteiger partial charge in [-0.25, -0.2) is 0 Å². The van der Waals surface area contributed by atoms with Crippen molar-refractivity contribution in [1.29, 1.82) is 0 Å². The lowest BCUT2D eigenvalue weighted by atomic mass is 9.73. The molecule has 0 unspecified atom stereocenters. The highest BCUT2D eigenvalue weighted by molar-refractivity contribution is 5.26. The third-order valence-electron chi connectivity index (χ3n) is 4.57. The summed E-state index contributed by atoms with van der Waals surface area (Å²) in [5.41, 5.74) is 0.554. The van der Waals surface area contributed by atoms with Crippen LogP contribution < -0.4 is 4.74 Å². The molecule has 2 heterocycles. The number of aliphatic hydroxyl groups is 2. The molecule has 1 aromatic heterocycles. The molecule has 2 rings (SSSR count). The molecule has 21 heavy (non-hydrogen) atoms. The smallest absolute Gasteiger partial charge is 0.141 e. The number of methoxy groups -OCH3 is 1. The van der Waals surface area contributed by atoms with Crippen LogP contribution in [0, 0.1) is 5.41 Å². The molecule has 1 fully saturated rings. The molecule has 0 aromatic carbocycles. The highest BCUT2D eigenvalue weighted by Gasteiger charge is 2.41. The summed E-state index contributed by atoms with van der Waals surface area (Å²) >= 11 is 0. The van der Waals surface area contributed by atoms with Crippen molar-refractivity contribution in [3.8, 4) is 5.75 Å². The minimum absolute atomic E-state index is 0.0583. The van der Waals surface area contributed by atoms with Gasteiger partial charge in [0.15, 0.2) is 0 Å². The minimum atomic E-state index is -0.495. The van der Waals surface area contributed by atoms with Gasteiger partial charge in [0.25, 0.3) is 0 Å². The zero-order chi connectivity index (χ0) is 15.3. The Kier molecular flexibility index (Phi) is 5.56. The van der Waals surface area contributed by atoms with Crippen molar-refractivity contribution in [2.45, 2.75) is 38.8 Å². The molecule has 5 nitrogen and oxygen atoms in total. The van der Waals surface area contributed by atoms with E-state index in [1.54, 1.807) is 13.3 Å². The number of rotatable bonds is 6. The standard InChI is InChI=1S/C16H26N2O3/c1-3-6-16(12-19)7-9-18(11-15(16)20)10-13-14(21-2)5-4-8-17-13/h4-5,8,15,19-20H,3,6-7,9-12H2,1-2H3/t15-,16-/m1/s1. The van der Waals surface area contributed by atoms with Crippen LogP contribution in [0.25, 0.3) is 0 Å². The van der Waals surface area contributed by atoms with Crippen LogP contribution in [0.5, 0.6) is 5.75 Å². The lowest BCUT2D eigenvalue weighted by Crippen LogP contribution is -2.52. The molecule has 0 aliphatic carbocycles. The number of aliphatic hydroxyl groups excluding tert-OH is 2. The first kappa shape index (κ1) is 16.2. The Morgan fingerprint density at radius 1 is 1.52 bits per heavy atom. The predicted molar refractivity (Wildman–Crippen MR) is 81.1 cm³/mol. The highest BCUT2D eigenvalue weighted by Crippen LogP contribution is 2.36. The van der Waals surface area contributed by atoms with E-state index in [-0.39, 0.29) is 12.0 Å². The molecule has 1 aliphatic rings. The number of ether oxygens (including phenoxy) is 1. The Morgan fingerprint density at radius 3 is 2.95 bits per heavy atom. The average Bonchev–Trinajstić information content (AvgIpc) is 2.51. The maximum atomic E-state index is 10.5. The van der Waals surface area contributed by atoms with Gasteiger partial charge in [-0.2, -0.15) is 0 Å². The van der Waals surface area contributed by atoms with E-state index < -0.39 is 6.10 Å². The summed E-state index contributed by atoms with van der Waals surface area (Å²) in [4.78, 5) is 6.54.